The minimum atomic E-state index is -0.185. The van der Waals surface area contributed by atoms with Gasteiger partial charge in [-0.2, -0.15) is 0 Å². The average Bonchev–Trinajstić information content (AvgIpc) is 2.50. The van der Waals surface area contributed by atoms with Gasteiger partial charge in [0, 0.05) is 39.1 Å². The Morgan fingerprint density at radius 1 is 1.33 bits per heavy atom. The number of amides is 1. The summed E-state index contributed by atoms with van der Waals surface area (Å²) in [5, 5.41) is 0. The Morgan fingerprint density at radius 2 is 1.90 bits per heavy atom. The first-order valence-electron chi connectivity index (χ1n) is 7.75. The predicted molar refractivity (Wildman–Crippen MR) is 82.5 cm³/mol. The number of hydrogen-bond acceptors (Lipinski definition) is 2. The highest BCUT2D eigenvalue weighted by Gasteiger charge is 2.27. The monoisotopic (exact) mass is 292 g/mol. The van der Waals surface area contributed by atoms with Gasteiger partial charge in [0.2, 0.25) is 5.91 Å². The van der Waals surface area contributed by atoms with E-state index < -0.39 is 0 Å². The van der Waals surface area contributed by atoms with Gasteiger partial charge < -0.3 is 4.90 Å². The van der Waals surface area contributed by atoms with Crippen LogP contribution in [0.25, 0.3) is 0 Å². The van der Waals surface area contributed by atoms with E-state index in [2.05, 4.69) is 11.8 Å². The van der Waals surface area contributed by atoms with Gasteiger partial charge in [0.05, 0.1) is 0 Å². The zero-order chi connectivity index (χ0) is 15.4. The number of nitrogens with zero attached hydrogens (tertiary/aromatic N) is 2. The lowest BCUT2D eigenvalue weighted by Crippen LogP contribution is -2.45. The molecule has 1 atom stereocenters. The molecular weight excluding hydrogens is 267 g/mol. The maximum Gasteiger partial charge on any atom is 0.219 e. The smallest absolute Gasteiger partial charge is 0.219 e. The minimum absolute atomic E-state index is 0.138. The fourth-order valence-electron chi connectivity index (χ4n) is 3.23. The maximum atomic E-state index is 13.1. The van der Waals surface area contributed by atoms with E-state index in [-0.39, 0.29) is 11.7 Å². The molecule has 116 valence electrons. The van der Waals surface area contributed by atoms with E-state index >= 15 is 0 Å². The summed E-state index contributed by atoms with van der Waals surface area (Å²) in [6.07, 6.45) is 3.03. The van der Waals surface area contributed by atoms with E-state index in [0.29, 0.717) is 12.1 Å². The van der Waals surface area contributed by atoms with Gasteiger partial charge in [0.15, 0.2) is 0 Å². The molecule has 1 aromatic carbocycles. The third-order valence-corrected chi connectivity index (χ3v) is 4.63. The van der Waals surface area contributed by atoms with Crippen molar-refractivity contribution < 1.29 is 9.18 Å². The van der Waals surface area contributed by atoms with Gasteiger partial charge in [-0.05, 0) is 37.0 Å². The Balaban J connectivity index is 1.99. The van der Waals surface area contributed by atoms with Crippen LogP contribution >= 0.6 is 0 Å². The molecule has 1 aliphatic heterocycles. The molecule has 2 rings (SSSR count). The number of hydrogen-bond donors (Lipinski definition) is 0. The number of halogens is 1. The molecule has 0 aliphatic carbocycles. The topological polar surface area (TPSA) is 23.6 Å². The third-order valence-electron chi connectivity index (χ3n) is 4.63. The van der Waals surface area contributed by atoms with Crippen LogP contribution < -0.4 is 0 Å². The van der Waals surface area contributed by atoms with Crippen LogP contribution in [0.1, 0.15) is 44.7 Å². The van der Waals surface area contributed by atoms with Crippen molar-refractivity contribution >= 4 is 5.91 Å². The van der Waals surface area contributed by atoms with Crippen LogP contribution in [0.2, 0.25) is 0 Å². The Labute approximate surface area is 126 Å². The Kier molecular flexibility index (Phi) is 5.34. The van der Waals surface area contributed by atoms with Gasteiger partial charge in [-0.25, -0.2) is 4.39 Å². The van der Waals surface area contributed by atoms with Gasteiger partial charge in [0.1, 0.15) is 5.82 Å². The second-order valence-electron chi connectivity index (χ2n) is 5.87. The highest BCUT2D eigenvalue weighted by atomic mass is 19.1. The Hall–Kier alpha value is -1.42. The van der Waals surface area contributed by atoms with Gasteiger partial charge in [0.25, 0.3) is 0 Å². The van der Waals surface area contributed by atoms with Crippen molar-refractivity contribution in [2.24, 2.45) is 0 Å². The van der Waals surface area contributed by atoms with Crippen molar-refractivity contribution in [2.75, 3.05) is 20.1 Å². The van der Waals surface area contributed by atoms with E-state index in [1.807, 2.05) is 24.1 Å². The summed E-state index contributed by atoms with van der Waals surface area (Å²) < 4.78 is 13.1. The average molecular weight is 292 g/mol. The zero-order valence-corrected chi connectivity index (χ0v) is 13.2. The van der Waals surface area contributed by atoms with E-state index in [1.54, 1.807) is 6.92 Å². The molecule has 1 amide bonds. The lowest BCUT2D eigenvalue weighted by Gasteiger charge is -2.40. The van der Waals surface area contributed by atoms with Crippen LogP contribution in [0.3, 0.4) is 0 Å². The van der Waals surface area contributed by atoms with E-state index in [0.717, 1.165) is 32.4 Å². The molecule has 0 spiro atoms. The number of rotatable bonds is 4. The van der Waals surface area contributed by atoms with Crippen molar-refractivity contribution in [2.45, 2.75) is 45.2 Å². The molecule has 0 saturated carbocycles. The van der Waals surface area contributed by atoms with Crippen LogP contribution in [-0.2, 0) is 4.79 Å². The first-order chi connectivity index (χ1) is 10.0. The standard InChI is InChI=1S/C17H25FN2O/c1-4-17(14-5-7-15(18)8-6-14)20-11-9-16(10-12-20)19(3)13(2)21/h5-8,16-17H,4,9-12H2,1-3H3. The molecular formula is C17H25FN2O. The number of piperidine rings is 1. The molecule has 3 nitrogen and oxygen atoms in total. The highest BCUT2D eigenvalue weighted by molar-refractivity contribution is 5.73. The molecule has 1 aliphatic rings. The molecule has 4 heteroatoms. The van der Waals surface area contributed by atoms with E-state index in [9.17, 15) is 9.18 Å². The highest BCUT2D eigenvalue weighted by Crippen LogP contribution is 2.28. The van der Waals surface area contributed by atoms with Crippen molar-refractivity contribution in [3.63, 3.8) is 0 Å². The summed E-state index contributed by atoms with van der Waals surface area (Å²) >= 11 is 0. The largest absolute Gasteiger partial charge is 0.343 e. The molecule has 21 heavy (non-hydrogen) atoms. The van der Waals surface area contributed by atoms with Crippen molar-refractivity contribution in [3.05, 3.63) is 35.6 Å². The number of likely N-dealkylation sites (tertiary alicyclic amines) is 1. The second-order valence-corrected chi connectivity index (χ2v) is 5.87. The van der Waals surface area contributed by atoms with Crippen LogP contribution in [-0.4, -0.2) is 41.9 Å². The fourth-order valence-corrected chi connectivity index (χ4v) is 3.23. The molecule has 1 heterocycles. The molecule has 1 unspecified atom stereocenters. The van der Waals surface area contributed by atoms with Crippen LogP contribution in [0.4, 0.5) is 4.39 Å². The summed E-state index contributed by atoms with van der Waals surface area (Å²) in [6.45, 7) is 5.76. The van der Waals surface area contributed by atoms with Gasteiger partial charge in [-0.3, -0.25) is 9.69 Å². The second kappa shape index (κ2) is 7.03. The number of carbonyl (C=O) groups excluding carboxylic acids is 1. The SMILES string of the molecule is CCC(c1ccc(F)cc1)N1CCC(N(C)C(C)=O)CC1. The fraction of sp³-hybridized carbons (Fsp3) is 0.588. The van der Waals surface area contributed by atoms with Crippen molar-refractivity contribution in [1.29, 1.82) is 0 Å². The molecule has 0 N–H and O–H groups in total. The lowest BCUT2D eigenvalue weighted by atomic mass is 9.97. The number of carbonyl (C=O) groups is 1. The minimum Gasteiger partial charge on any atom is -0.343 e. The first-order valence-corrected chi connectivity index (χ1v) is 7.75. The third kappa shape index (κ3) is 3.82. The molecule has 0 aromatic heterocycles. The van der Waals surface area contributed by atoms with Crippen LogP contribution in [0, 0.1) is 5.82 Å². The van der Waals surface area contributed by atoms with Crippen LogP contribution in [0.15, 0.2) is 24.3 Å². The quantitative estimate of drug-likeness (QED) is 0.850. The molecule has 0 radical (unpaired) electrons. The summed E-state index contributed by atoms with van der Waals surface area (Å²) in [7, 11) is 1.89. The van der Waals surface area contributed by atoms with Gasteiger partial charge in [-0.1, -0.05) is 19.1 Å². The molecule has 1 aromatic rings. The maximum absolute atomic E-state index is 13.1. The van der Waals surface area contributed by atoms with E-state index in [1.165, 1.54) is 17.7 Å². The predicted octanol–water partition coefficient (Wildman–Crippen LogP) is 3.22. The van der Waals surface area contributed by atoms with Crippen LogP contribution in [0.5, 0.6) is 0 Å². The Morgan fingerprint density at radius 3 is 2.38 bits per heavy atom. The summed E-state index contributed by atoms with van der Waals surface area (Å²) in [5.41, 5.74) is 1.18. The summed E-state index contributed by atoms with van der Waals surface area (Å²) in [5.74, 6) is -0.0468. The summed E-state index contributed by atoms with van der Waals surface area (Å²) in [6, 6.07) is 7.54. The zero-order valence-electron chi connectivity index (χ0n) is 13.2. The lowest BCUT2D eigenvalue weighted by molar-refractivity contribution is -0.130. The van der Waals surface area contributed by atoms with Gasteiger partial charge in [-0.15, -0.1) is 0 Å². The first kappa shape index (κ1) is 16.0. The number of benzene rings is 1. The van der Waals surface area contributed by atoms with E-state index in [4.69, 9.17) is 0 Å². The van der Waals surface area contributed by atoms with Crippen molar-refractivity contribution in [3.8, 4) is 0 Å². The van der Waals surface area contributed by atoms with Crippen molar-refractivity contribution in [1.82, 2.24) is 9.80 Å². The molecule has 1 saturated heterocycles. The molecule has 0 bridgehead atoms. The Bertz CT molecular complexity index is 466. The normalized spacial score (nSPS) is 18.5. The van der Waals surface area contributed by atoms with Gasteiger partial charge >= 0.3 is 0 Å². The molecule has 1 fully saturated rings. The summed E-state index contributed by atoms with van der Waals surface area (Å²) in [4.78, 5) is 15.8.